The number of H-pyrrole nitrogens is 1. The Morgan fingerprint density at radius 1 is 1.33 bits per heavy atom. The Labute approximate surface area is 122 Å². The highest BCUT2D eigenvalue weighted by molar-refractivity contribution is 5.86. The summed E-state index contributed by atoms with van der Waals surface area (Å²) in [6, 6.07) is -0.0574. The van der Waals surface area contributed by atoms with Gasteiger partial charge in [-0.05, 0) is 13.8 Å². The summed E-state index contributed by atoms with van der Waals surface area (Å²) in [6.07, 6.45) is 2.54. The molecular weight excluding hydrogens is 268 g/mol. The van der Waals surface area contributed by atoms with Crippen molar-refractivity contribution >= 4 is 16.9 Å². The molecule has 0 bridgehead atoms. The highest BCUT2D eigenvalue weighted by Gasteiger charge is 2.16. The Kier molecular flexibility index (Phi) is 3.28. The van der Waals surface area contributed by atoms with Gasteiger partial charge in [-0.1, -0.05) is 6.92 Å². The summed E-state index contributed by atoms with van der Waals surface area (Å²) in [4.78, 5) is 13.4. The smallest absolute Gasteiger partial charge is 0.172 e. The molecular formula is C13H18N8. The maximum absolute atomic E-state index is 4.56. The van der Waals surface area contributed by atoms with Crippen molar-refractivity contribution in [3.8, 4) is 0 Å². The second-order valence-corrected chi connectivity index (χ2v) is 4.99. The maximum atomic E-state index is 4.56. The second-order valence-electron chi connectivity index (χ2n) is 4.99. The second kappa shape index (κ2) is 5.12. The van der Waals surface area contributed by atoms with Crippen LogP contribution in [0, 0.1) is 6.92 Å². The molecule has 0 amide bonds. The van der Waals surface area contributed by atoms with Gasteiger partial charge in [-0.2, -0.15) is 10.2 Å². The third-order valence-corrected chi connectivity index (χ3v) is 3.31. The quantitative estimate of drug-likeness (QED) is 0.754. The highest BCUT2D eigenvalue weighted by atomic mass is 15.3. The van der Waals surface area contributed by atoms with Crippen molar-refractivity contribution < 1.29 is 0 Å². The predicted molar refractivity (Wildman–Crippen MR) is 78.8 cm³/mol. The van der Waals surface area contributed by atoms with Crippen LogP contribution in [-0.2, 0) is 13.5 Å². The Balaban J connectivity index is 1.99. The van der Waals surface area contributed by atoms with Crippen molar-refractivity contribution in [2.24, 2.45) is 7.05 Å². The number of nitrogens with zero attached hydrogens (tertiary/aromatic N) is 6. The van der Waals surface area contributed by atoms with Gasteiger partial charge < -0.3 is 5.32 Å². The minimum atomic E-state index is -0.0574. The van der Waals surface area contributed by atoms with Crippen LogP contribution in [0.3, 0.4) is 0 Å². The fraction of sp³-hybridized carbons (Fsp3) is 0.462. The average molecular weight is 286 g/mol. The number of rotatable bonds is 4. The molecule has 3 heterocycles. The molecule has 8 heteroatoms. The molecule has 3 rings (SSSR count). The largest absolute Gasteiger partial charge is 0.360 e. The van der Waals surface area contributed by atoms with E-state index in [1.165, 1.54) is 0 Å². The number of fused-ring (bicyclic) bond motifs is 1. The fourth-order valence-electron chi connectivity index (χ4n) is 2.16. The molecule has 2 N–H and O–H groups in total. The minimum Gasteiger partial charge on any atom is -0.360 e. The van der Waals surface area contributed by atoms with E-state index in [0.717, 1.165) is 34.9 Å². The number of aryl methyl sites for hydroxylation is 3. The summed E-state index contributed by atoms with van der Waals surface area (Å²) in [5.41, 5.74) is 0.822. The molecule has 0 saturated carbocycles. The van der Waals surface area contributed by atoms with Crippen molar-refractivity contribution in [3.63, 3.8) is 0 Å². The highest BCUT2D eigenvalue weighted by Crippen LogP contribution is 2.23. The van der Waals surface area contributed by atoms with Gasteiger partial charge in [-0.3, -0.25) is 9.78 Å². The molecule has 0 aliphatic carbocycles. The van der Waals surface area contributed by atoms with Gasteiger partial charge in [0.1, 0.15) is 17.5 Å². The Hall–Kier alpha value is -2.51. The predicted octanol–water partition coefficient (Wildman–Crippen LogP) is 1.53. The molecule has 0 saturated heterocycles. The third kappa shape index (κ3) is 2.44. The molecule has 21 heavy (non-hydrogen) atoms. The summed E-state index contributed by atoms with van der Waals surface area (Å²) in [5, 5.41) is 15.5. The van der Waals surface area contributed by atoms with Crippen LogP contribution in [0.5, 0.6) is 0 Å². The van der Waals surface area contributed by atoms with E-state index in [9.17, 15) is 0 Å². The van der Waals surface area contributed by atoms with Gasteiger partial charge in [0, 0.05) is 13.5 Å². The van der Waals surface area contributed by atoms with Crippen molar-refractivity contribution in [3.05, 3.63) is 23.7 Å². The van der Waals surface area contributed by atoms with Gasteiger partial charge in [0.25, 0.3) is 0 Å². The molecule has 0 unspecified atom stereocenters. The van der Waals surface area contributed by atoms with E-state index in [-0.39, 0.29) is 6.04 Å². The van der Waals surface area contributed by atoms with Gasteiger partial charge >= 0.3 is 0 Å². The summed E-state index contributed by atoms with van der Waals surface area (Å²) >= 11 is 0. The van der Waals surface area contributed by atoms with Crippen molar-refractivity contribution in [2.45, 2.75) is 33.2 Å². The van der Waals surface area contributed by atoms with Gasteiger partial charge in [-0.15, -0.1) is 0 Å². The van der Waals surface area contributed by atoms with Crippen LogP contribution in [-0.4, -0.2) is 34.9 Å². The third-order valence-electron chi connectivity index (χ3n) is 3.31. The van der Waals surface area contributed by atoms with Gasteiger partial charge in [0.15, 0.2) is 11.5 Å². The van der Waals surface area contributed by atoms with Crippen LogP contribution in [0.4, 0.5) is 5.82 Å². The normalized spacial score (nSPS) is 12.8. The van der Waals surface area contributed by atoms with E-state index in [0.29, 0.717) is 5.82 Å². The van der Waals surface area contributed by atoms with Crippen molar-refractivity contribution in [1.82, 2.24) is 34.9 Å². The maximum Gasteiger partial charge on any atom is 0.172 e. The first-order chi connectivity index (χ1) is 10.1. The van der Waals surface area contributed by atoms with Crippen LogP contribution in [0.15, 0.2) is 6.20 Å². The molecule has 0 radical (unpaired) electrons. The molecule has 0 spiro atoms. The van der Waals surface area contributed by atoms with E-state index >= 15 is 0 Å². The molecule has 1 atom stereocenters. The number of nitrogens with one attached hydrogen (secondary N) is 2. The number of aromatic amines is 1. The standard InChI is InChI=1S/C13H18N8/c1-5-10-17-12(9-6-14-21(4)13(9)18-10)15-7(2)11-16-8(3)19-20-11/h6-7H,5H2,1-4H3,(H,15,17,18)(H,16,19,20)/t7-/m1/s1. The lowest BCUT2D eigenvalue weighted by atomic mass is 10.3. The summed E-state index contributed by atoms with van der Waals surface area (Å²) in [6.45, 7) is 5.91. The van der Waals surface area contributed by atoms with E-state index < -0.39 is 0 Å². The summed E-state index contributed by atoms with van der Waals surface area (Å²) < 4.78 is 1.75. The topological polar surface area (TPSA) is 97.2 Å². The van der Waals surface area contributed by atoms with Crippen molar-refractivity contribution in [2.75, 3.05) is 5.32 Å². The lowest BCUT2D eigenvalue weighted by Gasteiger charge is -2.12. The lowest BCUT2D eigenvalue weighted by molar-refractivity contribution is 0.775. The van der Waals surface area contributed by atoms with Crippen LogP contribution in [0.2, 0.25) is 0 Å². The van der Waals surface area contributed by atoms with Crippen LogP contribution in [0.1, 0.15) is 37.4 Å². The van der Waals surface area contributed by atoms with Gasteiger partial charge in [0.2, 0.25) is 0 Å². The minimum absolute atomic E-state index is 0.0574. The van der Waals surface area contributed by atoms with E-state index in [1.54, 1.807) is 10.9 Å². The lowest BCUT2D eigenvalue weighted by Crippen LogP contribution is -2.11. The van der Waals surface area contributed by atoms with Gasteiger partial charge in [-0.25, -0.2) is 15.0 Å². The van der Waals surface area contributed by atoms with E-state index in [2.05, 4.69) is 35.6 Å². The first-order valence-electron chi connectivity index (χ1n) is 6.92. The van der Waals surface area contributed by atoms with E-state index in [1.807, 2.05) is 27.8 Å². The number of hydrogen-bond acceptors (Lipinski definition) is 6. The first-order valence-corrected chi connectivity index (χ1v) is 6.92. The molecule has 8 nitrogen and oxygen atoms in total. The molecule has 0 aliphatic heterocycles. The molecule has 0 aromatic carbocycles. The average Bonchev–Trinajstić information content (AvgIpc) is 3.06. The van der Waals surface area contributed by atoms with Crippen LogP contribution < -0.4 is 5.32 Å². The summed E-state index contributed by atoms with van der Waals surface area (Å²) in [5.74, 6) is 3.05. The number of anilines is 1. The molecule has 0 fully saturated rings. The summed E-state index contributed by atoms with van der Waals surface area (Å²) in [7, 11) is 1.88. The SMILES string of the molecule is CCc1nc(N[C@H](C)c2n[nH]c(C)n2)c2cnn(C)c2n1. The van der Waals surface area contributed by atoms with Crippen LogP contribution >= 0.6 is 0 Å². The molecule has 3 aromatic rings. The molecule has 3 aromatic heterocycles. The fourth-order valence-corrected chi connectivity index (χ4v) is 2.16. The number of aromatic nitrogens is 7. The Morgan fingerprint density at radius 2 is 2.14 bits per heavy atom. The zero-order chi connectivity index (χ0) is 15.0. The zero-order valence-corrected chi connectivity index (χ0v) is 12.5. The Bertz CT molecular complexity index is 772. The molecule has 110 valence electrons. The Morgan fingerprint density at radius 3 is 2.81 bits per heavy atom. The van der Waals surface area contributed by atoms with Crippen molar-refractivity contribution in [1.29, 1.82) is 0 Å². The van der Waals surface area contributed by atoms with Crippen LogP contribution in [0.25, 0.3) is 11.0 Å². The monoisotopic (exact) mass is 286 g/mol. The number of hydrogen-bond donors (Lipinski definition) is 2. The first kappa shape index (κ1) is 13.5. The van der Waals surface area contributed by atoms with Gasteiger partial charge in [0.05, 0.1) is 17.6 Å². The zero-order valence-electron chi connectivity index (χ0n) is 12.5. The molecule has 0 aliphatic rings. The van der Waals surface area contributed by atoms with E-state index in [4.69, 9.17) is 0 Å².